The third-order valence-corrected chi connectivity index (χ3v) is 8.45. The molecule has 5 heterocycles. The van der Waals surface area contributed by atoms with Crippen LogP contribution in [0, 0.1) is 5.82 Å². The number of rotatable bonds is 8. The minimum atomic E-state index is -4.70. The van der Waals surface area contributed by atoms with Crippen molar-refractivity contribution in [1.29, 1.82) is 0 Å². The number of alkyl halides is 3. The molecule has 3 aliphatic rings. The van der Waals surface area contributed by atoms with Crippen LogP contribution in [0.15, 0.2) is 30.3 Å². The Balaban J connectivity index is 1.17. The first kappa shape index (κ1) is 29.6. The first-order valence-corrected chi connectivity index (χ1v) is 14.5. The Morgan fingerprint density at radius 3 is 2.69 bits per heavy atom. The number of imidazole rings is 1. The molecule has 0 unspecified atom stereocenters. The minimum absolute atomic E-state index is 0.0678. The number of aromatic nitrogens is 3. The van der Waals surface area contributed by atoms with Gasteiger partial charge in [-0.3, -0.25) is 4.90 Å². The number of aromatic carboxylic acids is 1. The fraction of sp³-hybridized carbons (Fsp3) is 0.367. The predicted octanol–water partition coefficient (Wildman–Crippen LogP) is 5.60. The van der Waals surface area contributed by atoms with E-state index in [0.29, 0.717) is 57.8 Å². The third kappa shape index (κ3) is 5.51. The van der Waals surface area contributed by atoms with Crippen LogP contribution < -0.4 is 14.2 Å². The largest absolute Gasteiger partial charge is 0.478 e. The molecule has 45 heavy (non-hydrogen) atoms. The van der Waals surface area contributed by atoms with Crippen LogP contribution >= 0.6 is 11.6 Å². The van der Waals surface area contributed by atoms with Crippen LogP contribution in [0.4, 0.5) is 17.6 Å². The summed E-state index contributed by atoms with van der Waals surface area (Å²) in [7, 11) is 0. The van der Waals surface area contributed by atoms with E-state index in [1.807, 2.05) is 4.90 Å². The van der Waals surface area contributed by atoms with Crippen LogP contribution in [0.5, 0.6) is 17.4 Å². The van der Waals surface area contributed by atoms with Gasteiger partial charge in [0, 0.05) is 25.3 Å². The second-order valence-corrected chi connectivity index (χ2v) is 11.4. The molecule has 1 atom stereocenters. The van der Waals surface area contributed by atoms with Crippen LogP contribution in [0.25, 0.3) is 11.0 Å². The van der Waals surface area contributed by atoms with Gasteiger partial charge in [-0.2, -0.15) is 13.2 Å². The zero-order valence-electron chi connectivity index (χ0n) is 23.5. The van der Waals surface area contributed by atoms with E-state index in [0.717, 1.165) is 12.5 Å². The molecule has 7 rings (SSSR count). The maximum absolute atomic E-state index is 15.4. The van der Waals surface area contributed by atoms with Crippen LogP contribution in [-0.4, -0.2) is 56.6 Å². The van der Waals surface area contributed by atoms with Gasteiger partial charge >= 0.3 is 12.1 Å². The Bertz CT molecular complexity index is 1830. The van der Waals surface area contributed by atoms with E-state index in [1.165, 1.54) is 12.1 Å². The van der Waals surface area contributed by atoms with Crippen molar-refractivity contribution in [3.8, 4) is 17.4 Å². The number of ether oxygens (including phenoxy) is 4. The topological polar surface area (TPSA) is 108 Å². The van der Waals surface area contributed by atoms with E-state index in [-0.39, 0.29) is 51.1 Å². The summed E-state index contributed by atoms with van der Waals surface area (Å²) >= 11 is 6.12. The number of carbonyl (C=O) groups is 1. The molecule has 0 saturated carbocycles. The molecular weight excluding hydrogens is 624 g/mol. The highest BCUT2D eigenvalue weighted by Gasteiger charge is 2.38. The number of fused-ring (bicyclic) bond motifs is 3. The second-order valence-electron chi connectivity index (χ2n) is 11.0. The normalized spacial score (nSPS) is 17.8. The van der Waals surface area contributed by atoms with Gasteiger partial charge in [0.2, 0.25) is 12.7 Å². The summed E-state index contributed by atoms with van der Waals surface area (Å²) in [5.74, 6) is -1.75. The van der Waals surface area contributed by atoms with Crippen molar-refractivity contribution in [2.45, 2.75) is 51.4 Å². The van der Waals surface area contributed by atoms with Crippen LogP contribution in [-0.2, 0) is 43.6 Å². The molecule has 0 spiro atoms. The van der Waals surface area contributed by atoms with Crippen molar-refractivity contribution in [3.63, 3.8) is 0 Å². The van der Waals surface area contributed by atoms with E-state index < -0.39 is 35.0 Å². The molecule has 1 N–H and O–H groups in total. The number of hydrogen-bond donors (Lipinski definition) is 1. The van der Waals surface area contributed by atoms with Crippen molar-refractivity contribution in [3.05, 3.63) is 74.9 Å². The summed E-state index contributed by atoms with van der Waals surface area (Å²) in [5.41, 5.74) is 0.244. The number of pyridine rings is 1. The summed E-state index contributed by atoms with van der Waals surface area (Å²) in [4.78, 5) is 22.5. The Labute approximate surface area is 258 Å². The molecule has 3 aliphatic heterocycles. The molecule has 2 aromatic heterocycles. The molecule has 1 fully saturated rings. The summed E-state index contributed by atoms with van der Waals surface area (Å²) in [6, 6.07) is 6.86. The van der Waals surface area contributed by atoms with Gasteiger partial charge in [-0.25, -0.2) is 19.2 Å². The molecule has 0 radical (unpaired) electrons. The first-order chi connectivity index (χ1) is 21.6. The van der Waals surface area contributed by atoms with Gasteiger partial charge in [0.05, 0.1) is 41.0 Å². The van der Waals surface area contributed by atoms with Gasteiger partial charge in [-0.1, -0.05) is 17.7 Å². The van der Waals surface area contributed by atoms with Crippen LogP contribution in [0.3, 0.4) is 0 Å². The van der Waals surface area contributed by atoms with Crippen molar-refractivity contribution in [2.24, 2.45) is 0 Å². The first-order valence-electron chi connectivity index (χ1n) is 14.1. The third-order valence-electron chi connectivity index (χ3n) is 8.15. The molecule has 0 bridgehead atoms. The molecule has 2 aromatic carbocycles. The zero-order chi connectivity index (χ0) is 31.5. The van der Waals surface area contributed by atoms with E-state index in [4.69, 9.17) is 30.5 Å². The Morgan fingerprint density at radius 2 is 1.96 bits per heavy atom. The zero-order valence-corrected chi connectivity index (χ0v) is 24.3. The van der Waals surface area contributed by atoms with Gasteiger partial charge in [-0.15, -0.1) is 0 Å². The lowest BCUT2D eigenvalue weighted by Crippen LogP contribution is -2.35. The molecular formula is C30H25ClF4N4O6. The fourth-order valence-corrected chi connectivity index (χ4v) is 5.97. The fourth-order valence-electron chi connectivity index (χ4n) is 5.77. The molecule has 15 heteroatoms. The van der Waals surface area contributed by atoms with E-state index in [1.54, 1.807) is 16.7 Å². The summed E-state index contributed by atoms with van der Waals surface area (Å²) in [5, 5.41) is 9.77. The van der Waals surface area contributed by atoms with E-state index >= 15 is 4.39 Å². The van der Waals surface area contributed by atoms with Crippen LogP contribution in [0.1, 0.15) is 45.0 Å². The SMILES string of the molecule is O=C(O)c1ccc2nc(CN3CCc4cc(C(F)(F)F)c(OCc5ccc(Cl)c6c5OCO6)nc4C3)n(C[C@@H]3CCO3)c2c1F. The number of benzene rings is 2. The highest BCUT2D eigenvalue weighted by atomic mass is 35.5. The van der Waals surface area contributed by atoms with Crippen molar-refractivity contribution < 1.29 is 46.4 Å². The highest BCUT2D eigenvalue weighted by molar-refractivity contribution is 6.32. The molecule has 4 aromatic rings. The summed E-state index contributed by atoms with van der Waals surface area (Å²) in [6.45, 7) is 1.33. The van der Waals surface area contributed by atoms with Crippen molar-refractivity contribution >= 4 is 28.6 Å². The van der Waals surface area contributed by atoms with Gasteiger partial charge in [-0.05, 0) is 42.7 Å². The smallest absolute Gasteiger partial charge is 0.421 e. The lowest BCUT2D eigenvalue weighted by atomic mass is 10.0. The molecule has 236 valence electrons. The standard InChI is InChI=1S/C30H25ClF4N4O6/c31-20-3-1-16(26-27(20)45-14-44-26)13-43-28-19(30(33,34)35)9-15-5-7-38(11-22(15)37-28)12-23-36-21-4-2-18(29(40)41)24(32)25(21)39(23)10-17-6-8-42-17/h1-4,9,17H,5-8,10-14H2,(H,40,41)/t17-/m0/s1. The quantitative estimate of drug-likeness (QED) is 0.245. The number of halogens is 5. The molecule has 1 saturated heterocycles. The number of nitrogens with zero attached hydrogens (tertiary/aromatic N) is 4. The monoisotopic (exact) mass is 648 g/mol. The summed E-state index contributed by atoms with van der Waals surface area (Å²) < 4.78 is 81.3. The van der Waals surface area contributed by atoms with E-state index in [2.05, 4.69) is 9.97 Å². The lowest BCUT2D eigenvalue weighted by Gasteiger charge is -2.30. The van der Waals surface area contributed by atoms with Gasteiger partial charge in [0.15, 0.2) is 17.3 Å². The van der Waals surface area contributed by atoms with Crippen molar-refractivity contribution in [2.75, 3.05) is 19.9 Å². The van der Waals surface area contributed by atoms with Gasteiger partial charge < -0.3 is 28.6 Å². The molecule has 10 nitrogen and oxygen atoms in total. The Kier molecular flexibility index (Phi) is 7.45. The second kappa shape index (κ2) is 11.3. The van der Waals surface area contributed by atoms with E-state index in [9.17, 15) is 23.1 Å². The maximum atomic E-state index is 15.4. The number of carboxylic acids is 1. The summed E-state index contributed by atoms with van der Waals surface area (Å²) in [6.07, 6.45) is -3.83. The average molecular weight is 649 g/mol. The number of hydrogen-bond acceptors (Lipinski definition) is 8. The minimum Gasteiger partial charge on any atom is -0.478 e. The average Bonchev–Trinajstić information content (AvgIpc) is 3.60. The van der Waals surface area contributed by atoms with Gasteiger partial charge in [0.1, 0.15) is 23.5 Å². The molecule has 0 amide bonds. The highest BCUT2D eigenvalue weighted by Crippen LogP contribution is 2.43. The van der Waals surface area contributed by atoms with Crippen molar-refractivity contribution in [1.82, 2.24) is 19.4 Å². The lowest BCUT2D eigenvalue weighted by molar-refractivity contribution is -0.139. The Hall–Kier alpha value is -4.14. The molecule has 0 aliphatic carbocycles. The van der Waals surface area contributed by atoms with Gasteiger partial charge in [0.25, 0.3) is 0 Å². The number of carboxylic acid groups (broad SMARTS) is 1. The Morgan fingerprint density at radius 1 is 1.16 bits per heavy atom. The van der Waals surface area contributed by atoms with Crippen LogP contribution in [0.2, 0.25) is 5.02 Å². The predicted molar refractivity (Wildman–Crippen MR) is 150 cm³/mol. The maximum Gasteiger partial charge on any atom is 0.421 e.